The number of carbonyl (C=O) groups is 3. The molecule has 0 aliphatic heterocycles. The zero-order valence-corrected chi connectivity index (χ0v) is 17.3. The zero-order chi connectivity index (χ0) is 21.5. The number of aliphatic carboxylic acids is 1. The fraction of sp³-hybridized carbons (Fsp3) is 0.550. The number of carboxylic acid groups (broad SMARTS) is 1. The van der Waals surface area contributed by atoms with Crippen LogP contribution in [0.15, 0.2) is 30.3 Å². The second-order valence-electron chi connectivity index (χ2n) is 7.59. The van der Waals surface area contributed by atoms with Crippen LogP contribution in [0.4, 0.5) is 4.79 Å². The van der Waals surface area contributed by atoms with Crippen LogP contribution in [-0.2, 0) is 25.7 Å². The molecule has 0 saturated heterocycles. The Morgan fingerprint density at radius 2 is 1.71 bits per heavy atom. The smallest absolute Gasteiger partial charge is 0.410 e. The quantitative estimate of drug-likeness (QED) is 0.702. The molecule has 2 amide bonds. The van der Waals surface area contributed by atoms with Crippen LogP contribution in [0.1, 0.15) is 40.2 Å². The number of carboxylic acids is 1. The van der Waals surface area contributed by atoms with E-state index in [1.165, 1.54) is 14.0 Å². The molecule has 3 atom stereocenters. The molecule has 0 bridgehead atoms. The monoisotopic (exact) mass is 394 g/mol. The van der Waals surface area contributed by atoms with E-state index in [4.69, 9.17) is 9.47 Å². The molecule has 3 unspecified atom stereocenters. The van der Waals surface area contributed by atoms with Gasteiger partial charge in [-0.25, -0.2) is 9.59 Å². The van der Waals surface area contributed by atoms with Gasteiger partial charge in [0.15, 0.2) is 6.04 Å². The Labute approximate surface area is 165 Å². The first-order valence-corrected chi connectivity index (χ1v) is 9.07. The summed E-state index contributed by atoms with van der Waals surface area (Å²) in [6.07, 6.45) is -1.45. The predicted molar refractivity (Wildman–Crippen MR) is 104 cm³/mol. The molecule has 0 aliphatic rings. The standard InChI is InChI=1S/C20H30N2O6/c1-13(22(6)19(26)28-20(3,4)5)17(23)21-16(18(24)25)14(2)27-12-15-10-8-7-9-11-15/h7-11,13-14,16H,12H2,1-6H3,(H,21,23)(H,24,25). The molecule has 1 rings (SSSR count). The third-order valence-electron chi connectivity index (χ3n) is 4.03. The van der Waals surface area contributed by atoms with Gasteiger partial charge in [-0.05, 0) is 40.2 Å². The average molecular weight is 394 g/mol. The van der Waals surface area contributed by atoms with E-state index < -0.39 is 41.8 Å². The second-order valence-corrected chi connectivity index (χ2v) is 7.59. The Balaban J connectivity index is 2.69. The van der Waals surface area contributed by atoms with Crippen LogP contribution in [0.5, 0.6) is 0 Å². The van der Waals surface area contributed by atoms with Crippen molar-refractivity contribution in [3.05, 3.63) is 35.9 Å². The van der Waals surface area contributed by atoms with Gasteiger partial charge in [0.25, 0.3) is 0 Å². The molecule has 1 aromatic rings. The first kappa shape index (κ1) is 23.4. The lowest BCUT2D eigenvalue weighted by Crippen LogP contribution is -2.55. The first-order chi connectivity index (χ1) is 12.9. The average Bonchev–Trinajstić information content (AvgIpc) is 2.61. The predicted octanol–water partition coefficient (Wildman–Crippen LogP) is 2.42. The summed E-state index contributed by atoms with van der Waals surface area (Å²) in [6.45, 7) is 8.44. The lowest BCUT2D eigenvalue weighted by atomic mass is 10.1. The molecule has 0 spiro atoms. The number of benzene rings is 1. The number of amides is 2. The van der Waals surface area contributed by atoms with Crippen molar-refractivity contribution in [1.82, 2.24) is 10.2 Å². The first-order valence-electron chi connectivity index (χ1n) is 9.07. The number of nitrogens with one attached hydrogen (secondary N) is 1. The number of hydrogen-bond acceptors (Lipinski definition) is 5. The van der Waals surface area contributed by atoms with Gasteiger partial charge in [-0.15, -0.1) is 0 Å². The van der Waals surface area contributed by atoms with Gasteiger partial charge in [0, 0.05) is 7.05 Å². The van der Waals surface area contributed by atoms with E-state index in [0.717, 1.165) is 10.5 Å². The van der Waals surface area contributed by atoms with Gasteiger partial charge < -0.3 is 19.9 Å². The minimum Gasteiger partial charge on any atom is -0.480 e. The maximum atomic E-state index is 12.5. The second kappa shape index (κ2) is 10.1. The molecule has 0 aromatic heterocycles. The van der Waals surface area contributed by atoms with Crippen molar-refractivity contribution in [3.63, 3.8) is 0 Å². The van der Waals surface area contributed by atoms with Crippen LogP contribution in [0.25, 0.3) is 0 Å². The molecule has 8 heteroatoms. The summed E-state index contributed by atoms with van der Waals surface area (Å²) in [5.41, 5.74) is 0.188. The third-order valence-corrected chi connectivity index (χ3v) is 4.03. The summed E-state index contributed by atoms with van der Waals surface area (Å²) >= 11 is 0. The molecule has 0 radical (unpaired) electrons. The Kier molecular flexibility index (Phi) is 8.43. The summed E-state index contributed by atoms with van der Waals surface area (Å²) < 4.78 is 10.8. The van der Waals surface area contributed by atoms with Crippen LogP contribution in [-0.4, -0.2) is 58.8 Å². The molecular weight excluding hydrogens is 364 g/mol. The lowest BCUT2D eigenvalue weighted by Gasteiger charge is -2.29. The number of ether oxygens (including phenoxy) is 2. The van der Waals surface area contributed by atoms with E-state index in [0.29, 0.717) is 0 Å². The van der Waals surface area contributed by atoms with Gasteiger partial charge in [-0.1, -0.05) is 30.3 Å². The molecule has 0 heterocycles. The summed E-state index contributed by atoms with van der Waals surface area (Å²) in [4.78, 5) is 37.3. The van der Waals surface area contributed by atoms with Crippen LogP contribution in [0, 0.1) is 0 Å². The minimum absolute atomic E-state index is 0.217. The summed E-state index contributed by atoms with van der Waals surface area (Å²) in [5, 5.41) is 11.9. The van der Waals surface area contributed by atoms with Gasteiger partial charge in [-0.2, -0.15) is 0 Å². The lowest BCUT2D eigenvalue weighted by molar-refractivity contribution is -0.147. The zero-order valence-electron chi connectivity index (χ0n) is 17.3. The van der Waals surface area contributed by atoms with Crippen molar-refractivity contribution < 1.29 is 29.0 Å². The summed E-state index contributed by atoms with van der Waals surface area (Å²) in [6, 6.07) is 7.12. The molecule has 0 fully saturated rings. The maximum Gasteiger partial charge on any atom is 0.410 e. The van der Waals surface area contributed by atoms with Crippen LogP contribution < -0.4 is 5.32 Å². The number of carbonyl (C=O) groups excluding carboxylic acids is 2. The minimum atomic E-state index is -1.26. The fourth-order valence-corrected chi connectivity index (χ4v) is 2.22. The summed E-state index contributed by atoms with van der Waals surface area (Å²) in [5.74, 6) is -1.84. The highest BCUT2D eigenvalue weighted by molar-refractivity contribution is 5.89. The Morgan fingerprint density at radius 3 is 2.21 bits per heavy atom. The third kappa shape index (κ3) is 7.56. The van der Waals surface area contributed by atoms with Gasteiger partial charge >= 0.3 is 12.1 Å². The number of hydrogen-bond donors (Lipinski definition) is 2. The highest BCUT2D eigenvalue weighted by Crippen LogP contribution is 2.12. The molecule has 156 valence electrons. The Bertz CT molecular complexity index is 671. The molecule has 8 nitrogen and oxygen atoms in total. The van der Waals surface area contributed by atoms with E-state index in [-0.39, 0.29) is 6.61 Å². The van der Waals surface area contributed by atoms with E-state index in [9.17, 15) is 19.5 Å². The van der Waals surface area contributed by atoms with Crippen molar-refractivity contribution in [1.29, 1.82) is 0 Å². The molecule has 2 N–H and O–H groups in total. The fourth-order valence-electron chi connectivity index (χ4n) is 2.22. The normalized spacial score (nSPS) is 14.5. The van der Waals surface area contributed by atoms with E-state index in [1.807, 2.05) is 30.3 Å². The topological polar surface area (TPSA) is 105 Å². The van der Waals surface area contributed by atoms with E-state index in [2.05, 4.69) is 5.32 Å². The van der Waals surface area contributed by atoms with E-state index in [1.54, 1.807) is 27.7 Å². The van der Waals surface area contributed by atoms with Crippen molar-refractivity contribution in [3.8, 4) is 0 Å². The van der Waals surface area contributed by atoms with Crippen molar-refractivity contribution in [2.75, 3.05) is 7.05 Å². The number of nitrogens with zero attached hydrogens (tertiary/aromatic N) is 1. The van der Waals surface area contributed by atoms with Crippen LogP contribution >= 0.6 is 0 Å². The molecular formula is C20H30N2O6. The summed E-state index contributed by atoms with van der Waals surface area (Å²) in [7, 11) is 1.42. The number of rotatable bonds is 8. The maximum absolute atomic E-state index is 12.5. The van der Waals surface area contributed by atoms with Gasteiger partial charge in [0.2, 0.25) is 5.91 Å². The largest absolute Gasteiger partial charge is 0.480 e. The van der Waals surface area contributed by atoms with Crippen molar-refractivity contribution in [2.45, 2.75) is 65.0 Å². The Morgan fingerprint density at radius 1 is 1.14 bits per heavy atom. The molecule has 1 aromatic carbocycles. The van der Waals surface area contributed by atoms with Crippen molar-refractivity contribution >= 4 is 18.0 Å². The SMILES string of the molecule is CC(OCc1ccccc1)C(NC(=O)C(C)N(C)C(=O)OC(C)(C)C)C(=O)O. The molecule has 28 heavy (non-hydrogen) atoms. The van der Waals surface area contributed by atoms with E-state index >= 15 is 0 Å². The van der Waals surface area contributed by atoms with Gasteiger partial charge in [0.1, 0.15) is 11.6 Å². The van der Waals surface area contributed by atoms with Gasteiger partial charge in [0.05, 0.1) is 12.7 Å². The van der Waals surface area contributed by atoms with Gasteiger partial charge in [-0.3, -0.25) is 9.69 Å². The molecule has 0 saturated carbocycles. The molecule has 0 aliphatic carbocycles. The highest BCUT2D eigenvalue weighted by atomic mass is 16.6. The highest BCUT2D eigenvalue weighted by Gasteiger charge is 2.32. The van der Waals surface area contributed by atoms with Crippen molar-refractivity contribution in [2.24, 2.45) is 0 Å². The van der Waals surface area contributed by atoms with Crippen LogP contribution in [0.2, 0.25) is 0 Å². The Hall–Kier alpha value is -2.61. The van der Waals surface area contributed by atoms with Crippen LogP contribution in [0.3, 0.4) is 0 Å². The number of likely N-dealkylation sites (N-methyl/N-ethyl adjacent to an activating group) is 1.